The molecule has 0 aliphatic carbocycles. The number of anilines is 2. The van der Waals surface area contributed by atoms with Crippen molar-refractivity contribution in [2.24, 2.45) is 0 Å². The number of carbonyl (C=O) groups excluding carboxylic acids is 1. The summed E-state index contributed by atoms with van der Waals surface area (Å²) in [5.74, 6) is -1.45. The number of alkyl halides is 3. The van der Waals surface area contributed by atoms with Gasteiger partial charge in [-0.25, -0.2) is 19.3 Å². The van der Waals surface area contributed by atoms with Crippen LogP contribution >= 0.6 is 0 Å². The first kappa shape index (κ1) is 23.9. The summed E-state index contributed by atoms with van der Waals surface area (Å²) in [5.41, 5.74) is 1.60. The molecule has 9 nitrogen and oxygen atoms in total. The first-order chi connectivity index (χ1) is 16.6. The zero-order valence-electron chi connectivity index (χ0n) is 18.5. The van der Waals surface area contributed by atoms with Gasteiger partial charge in [0.25, 0.3) is 5.91 Å². The number of aromatic nitrogens is 5. The van der Waals surface area contributed by atoms with Gasteiger partial charge in [-0.1, -0.05) is 0 Å². The van der Waals surface area contributed by atoms with Crippen LogP contribution in [-0.2, 0) is 6.54 Å². The second-order valence-electron chi connectivity index (χ2n) is 7.44. The summed E-state index contributed by atoms with van der Waals surface area (Å²) in [5, 5.41) is 9.93. The molecule has 4 rings (SSSR count). The Morgan fingerprint density at radius 3 is 2.66 bits per heavy atom. The van der Waals surface area contributed by atoms with Crippen LogP contribution < -0.4 is 15.4 Å². The normalized spacial score (nSPS) is 12.4. The predicted molar refractivity (Wildman–Crippen MR) is 118 cm³/mol. The number of carbonyl (C=O) groups is 1. The lowest BCUT2D eigenvalue weighted by atomic mass is 10.1. The fourth-order valence-electron chi connectivity index (χ4n) is 3.23. The van der Waals surface area contributed by atoms with Crippen molar-refractivity contribution < 1.29 is 27.1 Å². The maximum atomic E-state index is 14.5. The number of pyridine rings is 1. The molecule has 1 atom stereocenters. The fraction of sp³-hybridized carbons (Fsp3) is 0.227. The van der Waals surface area contributed by atoms with Gasteiger partial charge >= 0.3 is 6.36 Å². The molecule has 0 unspecified atom stereocenters. The largest absolute Gasteiger partial charge is 0.574 e. The topological polar surface area (TPSA) is 107 Å². The first-order valence-corrected chi connectivity index (χ1v) is 10.4. The SMILES string of the molecule is CCn1cc2ncc(N[C@@H](C)c3cc(NC(=O)c4ccc(OC(F)(F)F)nc4)ccc3F)nc2n1. The van der Waals surface area contributed by atoms with Crippen molar-refractivity contribution in [3.8, 4) is 5.88 Å². The van der Waals surface area contributed by atoms with Gasteiger partial charge in [-0.2, -0.15) is 5.10 Å². The highest BCUT2D eigenvalue weighted by Gasteiger charge is 2.31. The van der Waals surface area contributed by atoms with Crippen molar-refractivity contribution in [3.05, 3.63) is 65.9 Å². The summed E-state index contributed by atoms with van der Waals surface area (Å²) in [6.07, 6.45) is -0.656. The number of fused-ring (bicyclic) bond motifs is 1. The summed E-state index contributed by atoms with van der Waals surface area (Å²) >= 11 is 0. The molecule has 4 aromatic rings. The van der Waals surface area contributed by atoms with E-state index in [2.05, 4.69) is 35.4 Å². The zero-order chi connectivity index (χ0) is 25.2. The smallest absolute Gasteiger partial charge is 0.388 e. The number of hydrogen-bond donors (Lipinski definition) is 2. The first-order valence-electron chi connectivity index (χ1n) is 10.4. The lowest BCUT2D eigenvalue weighted by molar-refractivity contribution is -0.276. The number of rotatable bonds is 7. The van der Waals surface area contributed by atoms with E-state index in [0.29, 0.717) is 23.5 Å². The van der Waals surface area contributed by atoms with Crippen molar-refractivity contribution in [1.29, 1.82) is 0 Å². The van der Waals surface area contributed by atoms with Crippen molar-refractivity contribution >= 4 is 28.6 Å². The van der Waals surface area contributed by atoms with Crippen LogP contribution in [0.4, 0.5) is 29.1 Å². The molecule has 3 aromatic heterocycles. The van der Waals surface area contributed by atoms with Gasteiger partial charge in [-0.3, -0.25) is 9.48 Å². The third kappa shape index (κ3) is 5.80. The molecule has 13 heteroatoms. The van der Waals surface area contributed by atoms with Crippen LogP contribution in [0.25, 0.3) is 11.2 Å². The summed E-state index contributed by atoms with van der Waals surface area (Å²) < 4.78 is 56.7. The van der Waals surface area contributed by atoms with Crippen molar-refractivity contribution in [2.45, 2.75) is 32.8 Å². The van der Waals surface area contributed by atoms with Crippen molar-refractivity contribution in [2.75, 3.05) is 10.6 Å². The Hall–Kier alpha value is -4.29. The molecular formula is C22H19F4N7O2. The van der Waals surface area contributed by atoms with Crippen molar-refractivity contribution in [3.63, 3.8) is 0 Å². The quantitative estimate of drug-likeness (QED) is 0.362. The van der Waals surface area contributed by atoms with E-state index in [0.717, 1.165) is 18.3 Å². The number of nitrogens with zero attached hydrogens (tertiary/aromatic N) is 5. The zero-order valence-corrected chi connectivity index (χ0v) is 18.5. The summed E-state index contributed by atoms with van der Waals surface area (Å²) in [6, 6.07) is 5.50. The molecule has 1 aromatic carbocycles. The molecule has 35 heavy (non-hydrogen) atoms. The Kier molecular flexibility index (Phi) is 6.49. The van der Waals surface area contributed by atoms with Crippen LogP contribution in [0.1, 0.15) is 35.8 Å². The van der Waals surface area contributed by atoms with Gasteiger partial charge in [-0.15, -0.1) is 13.2 Å². The minimum atomic E-state index is -4.89. The highest BCUT2D eigenvalue weighted by atomic mass is 19.4. The monoisotopic (exact) mass is 489 g/mol. The molecule has 0 aliphatic rings. The minimum Gasteiger partial charge on any atom is -0.388 e. The maximum absolute atomic E-state index is 14.5. The number of nitrogens with one attached hydrogen (secondary N) is 2. The van der Waals surface area contributed by atoms with Gasteiger partial charge in [0.1, 0.15) is 17.2 Å². The number of benzene rings is 1. The lowest BCUT2D eigenvalue weighted by Crippen LogP contribution is -2.18. The van der Waals surface area contributed by atoms with Gasteiger partial charge in [0.15, 0.2) is 0 Å². The highest BCUT2D eigenvalue weighted by Crippen LogP contribution is 2.25. The molecule has 1 amide bonds. The average molecular weight is 489 g/mol. The fourth-order valence-corrected chi connectivity index (χ4v) is 3.23. The summed E-state index contributed by atoms with van der Waals surface area (Å²) in [4.78, 5) is 24.6. The van der Waals surface area contributed by atoms with E-state index < -0.39 is 30.0 Å². The van der Waals surface area contributed by atoms with Gasteiger partial charge in [-0.05, 0) is 38.1 Å². The van der Waals surface area contributed by atoms with Crippen LogP contribution in [0, 0.1) is 5.82 Å². The Morgan fingerprint density at radius 2 is 1.97 bits per heavy atom. The molecule has 0 saturated heterocycles. The van der Waals surface area contributed by atoms with Crippen LogP contribution in [0.5, 0.6) is 5.88 Å². The maximum Gasteiger partial charge on any atom is 0.574 e. The second-order valence-corrected chi connectivity index (χ2v) is 7.44. The predicted octanol–water partition coefficient (Wildman–Crippen LogP) is 4.70. The Balaban J connectivity index is 1.46. The standard InChI is InChI=1S/C22H19F4N7O2/c1-3-33-11-17-20(32-33)31-18(10-27-17)29-12(2)15-8-14(5-6-16(15)23)30-21(34)13-4-7-19(28-9-13)35-22(24,25)26/h4-12H,3H2,1-2H3,(H,30,34)(H,29,31,32)/t12-/m0/s1. The van der Waals surface area contributed by atoms with E-state index >= 15 is 0 Å². The van der Waals surface area contributed by atoms with Gasteiger partial charge < -0.3 is 15.4 Å². The van der Waals surface area contributed by atoms with Crippen LogP contribution in [0.3, 0.4) is 0 Å². The number of amides is 1. The van der Waals surface area contributed by atoms with E-state index in [4.69, 9.17) is 0 Å². The molecule has 182 valence electrons. The number of halogens is 4. The lowest BCUT2D eigenvalue weighted by Gasteiger charge is -2.17. The van der Waals surface area contributed by atoms with Crippen LogP contribution in [0.2, 0.25) is 0 Å². The van der Waals surface area contributed by atoms with Gasteiger partial charge in [0, 0.05) is 30.1 Å². The second kappa shape index (κ2) is 9.52. The molecule has 0 fully saturated rings. The third-order valence-electron chi connectivity index (χ3n) is 4.90. The third-order valence-corrected chi connectivity index (χ3v) is 4.90. The molecule has 0 radical (unpaired) electrons. The van der Waals surface area contributed by atoms with E-state index in [1.54, 1.807) is 17.8 Å². The average Bonchev–Trinajstić information content (AvgIpc) is 3.22. The molecule has 0 aliphatic heterocycles. The molecule has 0 spiro atoms. The molecule has 0 saturated carbocycles. The summed E-state index contributed by atoms with van der Waals surface area (Å²) in [7, 11) is 0. The summed E-state index contributed by atoms with van der Waals surface area (Å²) in [6.45, 7) is 4.32. The van der Waals surface area contributed by atoms with Crippen LogP contribution in [-0.4, -0.2) is 37.0 Å². The molecule has 2 N–H and O–H groups in total. The Labute approximate surface area is 196 Å². The van der Waals surface area contributed by atoms with E-state index in [-0.39, 0.29) is 16.8 Å². The van der Waals surface area contributed by atoms with E-state index in [1.165, 1.54) is 24.4 Å². The molecule has 3 heterocycles. The molecular weight excluding hydrogens is 470 g/mol. The van der Waals surface area contributed by atoms with Gasteiger partial charge in [0.05, 0.1) is 24.0 Å². The van der Waals surface area contributed by atoms with Gasteiger partial charge in [0.2, 0.25) is 11.5 Å². The van der Waals surface area contributed by atoms with E-state index in [1.807, 2.05) is 6.92 Å². The van der Waals surface area contributed by atoms with Crippen LogP contribution in [0.15, 0.2) is 48.9 Å². The minimum absolute atomic E-state index is 0.00772. The highest BCUT2D eigenvalue weighted by molar-refractivity contribution is 6.04. The number of hydrogen-bond acceptors (Lipinski definition) is 7. The van der Waals surface area contributed by atoms with E-state index in [9.17, 15) is 22.4 Å². The van der Waals surface area contributed by atoms with Crippen molar-refractivity contribution in [1.82, 2.24) is 24.7 Å². The number of ether oxygens (including phenoxy) is 1. The number of aryl methyl sites for hydroxylation is 1. The molecule has 0 bridgehead atoms. The Bertz CT molecular complexity index is 1360. The Morgan fingerprint density at radius 1 is 1.17 bits per heavy atom.